The predicted octanol–water partition coefficient (Wildman–Crippen LogP) is 3.23. The van der Waals surface area contributed by atoms with Crippen LogP contribution < -0.4 is 11.1 Å². The first-order valence-corrected chi connectivity index (χ1v) is 11.0. The van der Waals surface area contributed by atoms with E-state index in [0.717, 1.165) is 66.3 Å². The lowest BCUT2D eigenvalue weighted by Gasteiger charge is -2.40. The third-order valence-corrected chi connectivity index (χ3v) is 7.22. The molecule has 0 unspecified atom stereocenters. The molecular formula is C22H24N6OS. The van der Waals surface area contributed by atoms with Crippen molar-refractivity contribution in [2.45, 2.75) is 37.6 Å². The number of nitrogens with zero attached hydrogens (tertiary/aromatic N) is 4. The Hall–Kier alpha value is -2.84. The molecule has 1 saturated carbocycles. The first-order chi connectivity index (χ1) is 14.5. The Bertz CT molecular complexity index is 1070. The van der Waals surface area contributed by atoms with Gasteiger partial charge in [-0.05, 0) is 31.0 Å². The minimum atomic E-state index is -0.473. The van der Waals surface area contributed by atoms with Crippen LogP contribution in [0.2, 0.25) is 0 Å². The number of rotatable bonds is 4. The second-order valence-corrected chi connectivity index (χ2v) is 9.26. The van der Waals surface area contributed by atoms with Gasteiger partial charge >= 0.3 is 0 Å². The highest BCUT2D eigenvalue weighted by molar-refractivity contribution is 7.15. The Morgan fingerprint density at radius 2 is 1.90 bits per heavy atom. The van der Waals surface area contributed by atoms with E-state index in [1.165, 1.54) is 4.88 Å². The second-order valence-electron chi connectivity index (χ2n) is 8.17. The summed E-state index contributed by atoms with van der Waals surface area (Å²) >= 11 is 1.61. The Morgan fingerprint density at radius 3 is 2.57 bits per heavy atom. The summed E-state index contributed by atoms with van der Waals surface area (Å²) in [6.07, 6.45) is 7.14. The molecule has 0 saturated heterocycles. The highest BCUT2D eigenvalue weighted by Crippen LogP contribution is 2.45. The van der Waals surface area contributed by atoms with Crippen LogP contribution in [0.1, 0.15) is 35.4 Å². The van der Waals surface area contributed by atoms with Gasteiger partial charge in [-0.3, -0.25) is 4.79 Å². The molecule has 0 atom stereocenters. The summed E-state index contributed by atoms with van der Waals surface area (Å²) in [7, 11) is 2.12. The third-order valence-electron chi connectivity index (χ3n) is 6.23. The summed E-state index contributed by atoms with van der Waals surface area (Å²) in [6, 6.07) is 8.14. The van der Waals surface area contributed by atoms with Gasteiger partial charge in [0.25, 0.3) is 0 Å². The number of thiazole rings is 1. The number of benzene rings is 1. The molecule has 2 aliphatic rings. The van der Waals surface area contributed by atoms with Gasteiger partial charge < -0.3 is 16.0 Å². The van der Waals surface area contributed by atoms with Crippen LogP contribution in [0.4, 0.5) is 11.1 Å². The number of carbonyl (C=O) groups is 1. The molecule has 1 aromatic carbocycles. The first-order valence-electron chi connectivity index (χ1n) is 10.2. The van der Waals surface area contributed by atoms with Crippen LogP contribution in [0.3, 0.4) is 0 Å². The number of amides is 1. The fraction of sp³-hybridized carbons (Fsp3) is 0.364. The van der Waals surface area contributed by atoms with Gasteiger partial charge in [0.2, 0.25) is 11.9 Å². The number of nitrogens with two attached hydrogens (primary N) is 1. The number of carbonyl (C=O) groups excluding carboxylic acids is 1. The Morgan fingerprint density at radius 1 is 1.17 bits per heavy atom. The van der Waals surface area contributed by atoms with E-state index in [1.807, 2.05) is 24.3 Å². The molecule has 5 rings (SSSR count). The van der Waals surface area contributed by atoms with E-state index in [2.05, 4.69) is 32.2 Å². The quantitative estimate of drug-likeness (QED) is 0.673. The number of hydrogen-bond acceptors (Lipinski definition) is 7. The van der Waals surface area contributed by atoms with Crippen LogP contribution in [0.5, 0.6) is 0 Å². The molecule has 1 fully saturated rings. The number of aromatic nitrogens is 3. The number of hydrogen-bond donors (Lipinski definition) is 2. The van der Waals surface area contributed by atoms with Gasteiger partial charge in [-0.25, -0.2) is 15.0 Å². The summed E-state index contributed by atoms with van der Waals surface area (Å²) in [5.41, 5.74) is 9.19. The largest absolute Gasteiger partial charge is 0.368 e. The fourth-order valence-corrected chi connectivity index (χ4v) is 5.32. The molecule has 0 bridgehead atoms. The molecular weight excluding hydrogens is 396 g/mol. The van der Waals surface area contributed by atoms with Crippen molar-refractivity contribution in [1.29, 1.82) is 0 Å². The molecule has 1 aliphatic carbocycles. The molecule has 0 spiro atoms. The summed E-state index contributed by atoms with van der Waals surface area (Å²) in [6.45, 7) is 1.92. The van der Waals surface area contributed by atoms with Gasteiger partial charge in [0.15, 0.2) is 5.13 Å². The van der Waals surface area contributed by atoms with Crippen molar-refractivity contribution in [2.24, 2.45) is 0 Å². The lowest BCUT2D eigenvalue weighted by Crippen LogP contribution is -2.46. The minimum absolute atomic E-state index is 0.0526. The van der Waals surface area contributed by atoms with Crippen molar-refractivity contribution < 1.29 is 4.79 Å². The van der Waals surface area contributed by atoms with Crippen molar-refractivity contribution in [3.8, 4) is 11.1 Å². The Kier molecular flexibility index (Phi) is 4.75. The summed E-state index contributed by atoms with van der Waals surface area (Å²) in [5.74, 6) is 0.313. The SMILES string of the molecule is CN1CCc2nc(NC(=O)C3(c4ccc(-c5cnc(N)nc5)cc4)CCC3)sc2C1. The molecule has 7 nitrogen and oxygen atoms in total. The Balaban J connectivity index is 1.36. The van der Waals surface area contributed by atoms with Crippen LogP contribution in [0.15, 0.2) is 36.7 Å². The average Bonchev–Trinajstić information content (AvgIpc) is 3.09. The molecule has 154 valence electrons. The van der Waals surface area contributed by atoms with E-state index >= 15 is 0 Å². The van der Waals surface area contributed by atoms with Crippen molar-refractivity contribution in [2.75, 3.05) is 24.6 Å². The summed E-state index contributed by atoms with van der Waals surface area (Å²) < 4.78 is 0. The highest BCUT2D eigenvalue weighted by Gasteiger charge is 2.46. The maximum atomic E-state index is 13.3. The lowest BCUT2D eigenvalue weighted by molar-refractivity contribution is -0.124. The third kappa shape index (κ3) is 3.36. The van der Waals surface area contributed by atoms with E-state index in [4.69, 9.17) is 5.73 Å². The molecule has 0 radical (unpaired) electrons. The zero-order chi connectivity index (χ0) is 20.7. The van der Waals surface area contributed by atoms with Crippen molar-refractivity contribution in [1.82, 2.24) is 19.9 Å². The van der Waals surface area contributed by atoms with Crippen molar-refractivity contribution in [3.05, 3.63) is 52.8 Å². The van der Waals surface area contributed by atoms with Crippen LogP contribution in [0.25, 0.3) is 11.1 Å². The maximum Gasteiger partial charge on any atom is 0.236 e. The molecule has 30 heavy (non-hydrogen) atoms. The van der Waals surface area contributed by atoms with Gasteiger partial charge in [0.05, 0.1) is 11.1 Å². The van der Waals surface area contributed by atoms with Gasteiger partial charge in [-0.2, -0.15) is 0 Å². The Labute approximate surface area is 179 Å². The van der Waals surface area contributed by atoms with E-state index in [0.29, 0.717) is 0 Å². The van der Waals surface area contributed by atoms with Crippen LogP contribution in [0, 0.1) is 0 Å². The smallest absolute Gasteiger partial charge is 0.236 e. The molecule has 8 heteroatoms. The topological polar surface area (TPSA) is 97.0 Å². The van der Waals surface area contributed by atoms with Crippen LogP contribution in [-0.4, -0.2) is 39.4 Å². The van der Waals surface area contributed by atoms with Gasteiger partial charge in [-0.15, -0.1) is 11.3 Å². The number of nitrogens with one attached hydrogen (secondary N) is 1. The fourth-order valence-electron chi connectivity index (χ4n) is 4.24. The monoisotopic (exact) mass is 420 g/mol. The predicted molar refractivity (Wildman–Crippen MR) is 118 cm³/mol. The van der Waals surface area contributed by atoms with Gasteiger partial charge in [0.1, 0.15) is 0 Å². The average molecular weight is 421 g/mol. The standard InChI is InChI=1S/C22H24N6OS/c1-28-10-7-17-18(13-28)30-21(26-17)27-19(29)22(8-2-9-22)16-5-3-14(4-6-16)15-11-24-20(23)25-12-15/h3-6,11-12H,2,7-10,13H2,1H3,(H2,23,24,25)(H,26,27,29). The molecule has 3 aromatic rings. The molecule has 3 N–H and O–H groups in total. The minimum Gasteiger partial charge on any atom is -0.368 e. The molecule has 2 aromatic heterocycles. The van der Waals surface area contributed by atoms with E-state index in [-0.39, 0.29) is 11.9 Å². The zero-order valence-electron chi connectivity index (χ0n) is 16.9. The van der Waals surface area contributed by atoms with Gasteiger partial charge in [-0.1, -0.05) is 30.7 Å². The summed E-state index contributed by atoms with van der Waals surface area (Å²) in [4.78, 5) is 29.6. The number of likely N-dealkylation sites (N-methyl/N-ethyl adjacent to an activating group) is 1. The van der Waals surface area contributed by atoms with E-state index < -0.39 is 5.41 Å². The molecule has 3 heterocycles. The van der Waals surface area contributed by atoms with Crippen molar-refractivity contribution in [3.63, 3.8) is 0 Å². The molecule has 1 amide bonds. The first kappa shape index (κ1) is 19.1. The van der Waals surface area contributed by atoms with Crippen molar-refractivity contribution >= 4 is 28.3 Å². The van der Waals surface area contributed by atoms with E-state index in [1.54, 1.807) is 23.7 Å². The van der Waals surface area contributed by atoms with E-state index in [9.17, 15) is 4.79 Å². The normalized spacial score (nSPS) is 17.8. The second kappa shape index (κ2) is 7.45. The highest BCUT2D eigenvalue weighted by atomic mass is 32.1. The van der Waals surface area contributed by atoms with Gasteiger partial charge in [0, 0.05) is 42.3 Å². The number of nitrogen functional groups attached to an aromatic ring is 1. The van der Waals surface area contributed by atoms with Crippen LogP contribution in [-0.2, 0) is 23.2 Å². The number of anilines is 2. The maximum absolute atomic E-state index is 13.3. The van der Waals surface area contributed by atoms with Crippen LogP contribution >= 0.6 is 11.3 Å². The zero-order valence-corrected chi connectivity index (χ0v) is 17.7. The lowest BCUT2D eigenvalue weighted by atomic mass is 9.63. The summed E-state index contributed by atoms with van der Waals surface area (Å²) in [5, 5.41) is 3.85. The number of fused-ring (bicyclic) bond motifs is 1. The molecule has 1 aliphatic heterocycles.